The average Bonchev–Trinajstić information content (AvgIpc) is 3.00. The van der Waals surface area contributed by atoms with E-state index in [1.807, 2.05) is 0 Å². The van der Waals surface area contributed by atoms with Gasteiger partial charge in [0.25, 0.3) is 0 Å². The summed E-state index contributed by atoms with van der Waals surface area (Å²) in [5, 5.41) is 0. The second kappa shape index (κ2) is 6.33. The Bertz CT molecular complexity index is 208. The van der Waals surface area contributed by atoms with Crippen LogP contribution >= 0.6 is 0 Å². The molecule has 0 atom stereocenters. The standard InChI is InChI=1S/C14H30N4/c1-5-15-9-10-16(6-2)13(15)14-17(7-3)11-12-18(14)8-4/h13-14H,5-12H2,1-4H3. The fraction of sp³-hybridized carbons (Fsp3) is 1.00. The van der Waals surface area contributed by atoms with E-state index < -0.39 is 0 Å². The second-order valence-corrected chi connectivity index (χ2v) is 5.34. The molecule has 0 spiro atoms. The van der Waals surface area contributed by atoms with Gasteiger partial charge in [-0.3, -0.25) is 19.6 Å². The maximum Gasteiger partial charge on any atom is 0.0922 e. The number of hydrogen-bond donors (Lipinski definition) is 0. The van der Waals surface area contributed by atoms with E-state index in [1.165, 1.54) is 52.4 Å². The van der Waals surface area contributed by atoms with Crippen LogP contribution < -0.4 is 0 Å². The maximum absolute atomic E-state index is 2.66. The summed E-state index contributed by atoms with van der Waals surface area (Å²) in [7, 11) is 0. The van der Waals surface area contributed by atoms with Crippen LogP contribution in [0.2, 0.25) is 0 Å². The molecule has 2 rings (SSSR count). The molecule has 106 valence electrons. The largest absolute Gasteiger partial charge is 0.284 e. The van der Waals surface area contributed by atoms with E-state index >= 15 is 0 Å². The van der Waals surface area contributed by atoms with Crippen LogP contribution in [0.3, 0.4) is 0 Å². The highest BCUT2D eigenvalue weighted by atomic mass is 15.5. The zero-order valence-corrected chi connectivity index (χ0v) is 12.6. The Hall–Kier alpha value is -0.160. The minimum absolute atomic E-state index is 0.599. The van der Waals surface area contributed by atoms with E-state index in [4.69, 9.17) is 0 Å². The summed E-state index contributed by atoms with van der Waals surface area (Å²) in [5.41, 5.74) is 0. The van der Waals surface area contributed by atoms with Crippen molar-refractivity contribution >= 4 is 0 Å². The molecule has 18 heavy (non-hydrogen) atoms. The number of rotatable bonds is 5. The number of hydrogen-bond acceptors (Lipinski definition) is 4. The Labute approximate surface area is 113 Å². The van der Waals surface area contributed by atoms with E-state index in [-0.39, 0.29) is 0 Å². The molecule has 2 aliphatic heterocycles. The summed E-state index contributed by atoms with van der Waals surface area (Å²) >= 11 is 0. The Morgan fingerprint density at radius 2 is 0.778 bits per heavy atom. The van der Waals surface area contributed by atoms with Crippen LogP contribution in [-0.2, 0) is 0 Å². The van der Waals surface area contributed by atoms with Crippen LogP contribution in [0, 0.1) is 0 Å². The maximum atomic E-state index is 2.66. The molecular formula is C14H30N4. The minimum atomic E-state index is 0.599. The van der Waals surface area contributed by atoms with Gasteiger partial charge in [0.2, 0.25) is 0 Å². The van der Waals surface area contributed by atoms with Crippen LogP contribution in [-0.4, -0.2) is 84.3 Å². The second-order valence-electron chi connectivity index (χ2n) is 5.34. The van der Waals surface area contributed by atoms with Crippen molar-refractivity contribution in [1.82, 2.24) is 19.6 Å². The van der Waals surface area contributed by atoms with Gasteiger partial charge in [-0.25, -0.2) is 0 Å². The lowest BCUT2D eigenvalue weighted by Gasteiger charge is -2.41. The number of nitrogens with zero attached hydrogens (tertiary/aromatic N) is 4. The van der Waals surface area contributed by atoms with Crippen LogP contribution in [0.4, 0.5) is 0 Å². The summed E-state index contributed by atoms with van der Waals surface area (Å²) < 4.78 is 0. The van der Waals surface area contributed by atoms with Crippen molar-refractivity contribution < 1.29 is 0 Å². The summed E-state index contributed by atoms with van der Waals surface area (Å²) in [6.45, 7) is 18.8. The van der Waals surface area contributed by atoms with Crippen molar-refractivity contribution in [1.29, 1.82) is 0 Å². The first-order valence-corrected chi connectivity index (χ1v) is 7.72. The van der Waals surface area contributed by atoms with E-state index in [0.29, 0.717) is 12.3 Å². The molecule has 2 saturated heterocycles. The van der Waals surface area contributed by atoms with Gasteiger partial charge in [0.05, 0.1) is 12.3 Å². The van der Waals surface area contributed by atoms with E-state index in [9.17, 15) is 0 Å². The van der Waals surface area contributed by atoms with Crippen LogP contribution in [0.15, 0.2) is 0 Å². The predicted molar refractivity (Wildman–Crippen MR) is 76.6 cm³/mol. The van der Waals surface area contributed by atoms with Crippen molar-refractivity contribution in [3.8, 4) is 0 Å². The molecule has 2 heterocycles. The van der Waals surface area contributed by atoms with Crippen molar-refractivity contribution in [2.75, 3.05) is 52.4 Å². The molecule has 0 aliphatic carbocycles. The molecule has 2 aliphatic rings. The summed E-state index contributed by atoms with van der Waals surface area (Å²) in [6, 6.07) is 0. The van der Waals surface area contributed by atoms with Gasteiger partial charge in [-0.05, 0) is 26.2 Å². The summed E-state index contributed by atoms with van der Waals surface area (Å²) in [6.07, 6.45) is 1.20. The summed E-state index contributed by atoms with van der Waals surface area (Å²) in [4.78, 5) is 10.6. The Morgan fingerprint density at radius 3 is 0.944 bits per heavy atom. The predicted octanol–water partition coefficient (Wildman–Crippen LogP) is 0.953. The molecule has 4 nitrogen and oxygen atoms in total. The third-order valence-electron chi connectivity index (χ3n) is 4.74. The molecule has 0 aromatic rings. The molecule has 0 amide bonds. The first kappa shape index (κ1) is 14.3. The molecule has 0 unspecified atom stereocenters. The van der Waals surface area contributed by atoms with Gasteiger partial charge < -0.3 is 0 Å². The minimum Gasteiger partial charge on any atom is -0.284 e. The van der Waals surface area contributed by atoms with Crippen LogP contribution in [0.5, 0.6) is 0 Å². The molecule has 2 fully saturated rings. The summed E-state index contributed by atoms with van der Waals surface area (Å²) in [5.74, 6) is 0. The lowest BCUT2D eigenvalue weighted by molar-refractivity contribution is -0.00271. The third kappa shape index (κ3) is 2.44. The SMILES string of the molecule is CCN1CCN(CC)C1C1N(CC)CCN1CC. The monoisotopic (exact) mass is 254 g/mol. The molecule has 0 bridgehead atoms. The fourth-order valence-corrected chi connectivity index (χ4v) is 3.64. The van der Waals surface area contributed by atoms with E-state index in [1.54, 1.807) is 0 Å². The zero-order valence-electron chi connectivity index (χ0n) is 12.6. The van der Waals surface area contributed by atoms with Gasteiger partial charge in [-0.15, -0.1) is 0 Å². The fourth-order valence-electron chi connectivity index (χ4n) is 3.64. The average molecular weight is 254 g/mol. The zero-order chi connectivity index (χ0) is 13.1. The van der Waals surface area contributed by atoms with Gasteiger partial charge in [-0.1, -0.05) is 27.7 Å². The van der Waals surface area contributed by atoms with Crippen molar-refractivity contribution in [2.24, 2.45) is 0 Å². The first-order chi connectivity index (χ1) is 8.76. The Morgan fingerprint density at radius 1 is 0.556 bits per heavy atom. The van der Waals surface area contributed by atoms with E-state index in [0.717, 1.165) is 0 Å². The molecule has 0 aromatic heterocycles. The molecule has 0 saturated carbocycles. The van der Waals surface area contributed by atoms with Crippen molar-refractivity contribution in [3.05, 3.63) is 0 Å². The highest BCUT2D eigenvalue weighted by Gasteiger charge is 2.43. The molecular weight excluding hydrogens is 224 g/mol. The van der Waals surface area contributed by atoms with Crippen molar-refractivity contribution in [3.63, 3.8) is 0 Å². The molecule has 0 aromatic carbocycles. The van der Waals surface area contributed by atoms with Crippen LogP contribution in [0.25, 0.3) is 0 Å². The highest BCUT2D eigenvalue weighted by molar-refractivity contribution is 4.94. The Balaban J connectivity index is 2.18. The van der Waals surface area contributed by atoms with Gasteiger partial charge >= 0.3 is 0 Å². The number of likely N-dealkylation sites (N-methyl/N-ethyl adjacent to an activating group) is 4. The van der Waals surface area contributed by atoms with Gasteiger partial charge in [0, 0.05) is 26.2 Å². The lowest BCUT2D eigenvalue weighted by Crippen LogP contribution is -2.57. The molecule has 0 radical (unpaired) electrons. The molecule has 0 N–H and O–H groups in total. The smallest absolute Gasteiger partial charge is 0.0922 e. The first-order valence-electron chi connectivity index (χ1n) is 7.72. The lowest BCUT2D eigenvalue weighted by atomic mass is 10.2. The topological polar surface area (TPSA) is 13.0 Å². The Kier molecular flexibility index (Phi) is 5.01. The van der Waals surface area contributed by atoms with Crippen LogP contribution in [0.1, 0.15) is 27.7 Å². The van der Waals surface area contributed by atoms with Gasteiger partial charge in [0.15, 0.2) is 0 Å². The van der Waals surface area contributed by atoms with Gasteiger partial charge in [-0.2, -0.15) is 0 Å². The molecule has 4 heteroatoms. The van der Waals surface area contributed by atoms with Gasteiger partial charge in [0.1, 0.15) is 0 Å². The van der Waals surface area contributed by atoms with E-state index in [2.05, 4.69) is 47.3 Å². The quantitative estimate of drug-likeness (QED) is 0.724. The van der Waals surface area contributed by atoms with Crippen molar-refractivity contribution in [2.45, 2.75) is 40.0 Å². The normalized spacial score (nSPS) is 26.7. The third-order valence-corrected chi connectivity index (χ3v) is 4.74. The highest BCUT2D eigenvalue weighted by Crippen LogP contribution is 2.26.